The van der Waals surface area contributed by atoms with E-state index in [1.807, 2.05) is 13.8 Å². The second-order valence-corrected chi connectivity index (χ2v) is 5.53. The Balaban J connectivity index is 0.00000484. The van der Waals surface area contributed by atoms with Crippen LogP contribution >= 0.6 is 0 Å². The average molecular weight is 530 g/mol. The Bertz CT molecular complexity index is 567. The standard InChI is InChI=1S/C18H25NO3.Ac/c1-7-15(13(4)18(21)19(6)12(2)3)11-22-17-10-8-9-16(20)14(17)5;/h8-10,12,20H,1,4,7,11H2,2-3,5-6H3;/q-2;. The Morgan fingerprint density at radius 3 is 2.52 bits per heavy atom. The maximum Gasteiger partial charge on any atom is 0.137 e. The maximum atomic E-state index is 12.3. The molecule has 5 heteroatoms. The van der Waals surface area contributed by atoms with Gasteiger partial charge >= 0.3 is 0 Å². The number of benzene rings is 1. The minimum atomic E-state index is -0.120. The number of hydrogen-bond donors (Lipinski definition) is 1. The van der Waals surface area contributed by atoms with Gasteiger partial charge < -0.3 is 26.5 Å². The van der Waals surface area contributed by atoms with Crippen LogP contribution in [0.15, 0.2) is 29.3 Å². The minimum Gasteiger partial charge on any atom is -0.508 e. The molecule has 0 atom stereocenters. The molecule has 0 aliphatic carbocycles. The molecule has 0 aromatic heterocycles. The number of ether oxygens (including phenoxy) is 1. The molecule has 0 unspecified atom stereocenters. The molecule has 0 heterocycles. The quantitative estimate of drug-likeness (QED) is 0.454. The van der Waals surface area contributed by atoms with Gasteiger partial charge in [-0.05, 0) is 40.0 Å². The van der Waals surface area contributed by atoms with E-state index >= 15 is 0 Å². The third-order valence-electron chi connectivity index (χ3n) is 3.74. The van der Waals surface area contributed by atoms with Gasteiger partial charge in [-0.2, -0.15) is 12.5 Å². The van der Waals surface area contributed by atoms with E-state index in [1.165, 1.54) is 0 Å². The minimum absolute atomic E-state index is 0. The average Bonchev–Trinajstić information content (AvgIpc) is 2.49. The normalized spacial score (nSPS) is 11.6. The number of phenolic OH excluding ortho intramolecular Hbond substituents is 1. The van der Waals surface area contributed by atoms with Crippen molar-refractivity contribution in [2.45, 2.75) is 33.2 Å². The molecule has 1 aromatic rings. The molecule has 1 aromatic carbocycles. The monoisotopic (exact) mass is 530 g/mol. The SMILES string of the molecule is [Ac].[CH2-]CC(COc1cccc(O)c1C)=C([CH2-])C(=O)N(C)C(C)C. The number of carbonyl (C=O) groups excluding carboxylic acids is 1. The summed E-state index contributed by atoms with van der Waals surface area (Å²) in [7, 11) is 1.75. The second-order valence-electron chi connectivity index (χ2n) is 5.53. The van der Waals surface area contributed by atoms with Gasteiger partial charge in [0.05, 0.1) is 6.61 Å². The molecule has 0 saturated heterocycles. The van der Waals surface area contributed by atoms with E-state index in [9.17, 15) is 9.90 Å². The summed E-state index contributed by atoms with van der Waals surface area (Å²) in [4.78, 5) is 13.9. The summed E-state index contributed by atoms with van der Waals surface area (Å²) >= 11 is 0. The summed E-state index contributed by atoms with van der Waals surface area (Å²) in [6.45, 7) is 13.6. The Morgan fingerprint density at radius 1 is 1.39 bits per heavy atom. The molecule has 0 fully saturated rings. The van der Waals surface area contributed by atoms with Gasteiger partial charge in [-0.15, -0.1) is 5.57 Å². The number of likely N-dealkylation sites (N-methyl/N-ethyl adjacent to an activating group) is 1. The number of aromatic hydroxyl groups is 1. The van der Waals surface area contributed by atoms with E-state index in [0.717, 1.165) is 5.57 Å². The fourth-order valence-electron chi connectivity index (χ4n) is 1.83. The zero-order valence-electron chi connectivity index (χ0n) is 14.4. The first-order valence-electron chi connectivity index (χ1n) is 7.31. The van der Waals surface area contributed by atoms with Crippen molar-refractivity contribution in [3.05, 3.63) is 48.8 Å². The molecule has 0 aliphatic rings. The van der Waals surface area contributed by atoms with E-state index in [-0.39, 0.29) is 68.4 Å². The third-order valence-corrected chi connectivity index (χ3v) is 3.74. The van der Waals surface area contributed by atoms with E-state index < -0.39 is 0 Å². The molecule has 1 rings (SSSR count). The second kappa shape index (κ2) is 10.3. The Hall–Kier alpha value is -0.658. The van der Waals surface area contributed by atoms with Gasteiger partial charge in [0.1, 0.15) is 17.4 Å². The van der Waals surface area contributed by atoms with Crippen LogP contribution in [0.5, 0.6) is 11.5 Å². The predicted octanol–water partition coefficient (Wildman–Crippen LogP) is 3.30. The van der Waals surface area contributed by atoms with Crippen LogP contribution in [-0.4, -0.2) is 35.6 Å². The first kappa shape index (κ1) is 22.3. The van der Waals surface area contributed by atoms with Crippen LogP contribution in [0.1, 0.15) is 25.8 Å². The van der Waals surface area contributed by atoms with E-state index in [4.69, 9.17) is 4.74 Å². The summed E-state index contributed by atoms with van der Waals surface area (Å²) in [5.41, 5.74) is 1.84. The summed E-state index contributed by atoms with van der Waals surface area (Å²) in [6, 6.07) is 5.20. The molecule has 23 heavy (non-hydrogen) atoms. The molecular weight excluding hydrogens is 505 g/mol. The number of phenols is 1. The molecule has 0 saturated carbocycles. The van der Waals surface area contributed by atoms with Gasteiger partial charge in [0.2, 0.25) is 0 Å². The fraction of sp³-hybridized carbons (Fsp3) is 0.389. The molecule has 0 spiro atoms. The zero-order chi connectivity index (χ0) is 16.9. The number of rotatable bonds is 6. The molecule has 125 valence electrons. The van der Waals surface area contributed by atoms with Crippen molar-refractivity contribution in [2.75, 3.05) is 13.7 Å². The number of amides is 1. The van der Waals surface area contributed by atoms with Crippen LogP contribution in [0.4, 0.5) is 0 Å². The van der Waals surface area contributed by atoms with Crippen molar-refractivity contribution in [3.8, 4) is 11.5 Å². The molecule has 0 aliphatic heterocycles. The van der Waals surface area contributed by atoms with Crippen molar-refractivity contribution in [1.82, 2.24) is 4.90 Å². The third kappa shape index (κ3) is 6.05. The predicted molar refractivity (Wildman–Crippen MR) is 88.6 cm³/mol. The van der Waals surface area contributed by atoms with Gasteiger partial charge in [0, 0.05) is 55.7 Å². The van der Waals surface area contributed by atoms with Crippen molar-refractivity contribution in [2.24, 2.45) is 0 Å². The summed E-state index contributed by atoms with van der Waals surface area (Å²) < 4.78 is 5.71. The summed E-state index contributed by atoms with van der Waals surface area (Å²) in [5, 5.41) is 9.68. The number of carbonyl (C=O) groups is 1. The van der Waals surface area contributed by atoms with Gasteiger partial charge in [0.25, 0.3) is 0 Å². The van der Waals surface area contributed by atoms with Crippen LogP contribution in [0.2, 0.25) is 0 Å². The molecule has 0 bridgehead atoms. The number of nitrogens with zero attached hydrogens (tertiary/aromatic N) is 1. The molecular formula is C18H25AcNO3-2. The van der Waals surface area contributed by atoms with Gasteiger partial charge in [-0.1, -0.05) is 6.07 Å². The van der Waals surface area contributed by atoms with Gasteiger partial charge in [0.15, 0.2) is 0 Å². The van der Waals surface area contributed by atoms with Gasteiger partial charge in [-0.3, -0.25) is 0 Å². The smallest absolute Gasteiger partial charge is 0.137 e. The van der Waals surface area contributed by atoms with Crippen LogP contribution < -0.4 is 4.74 Å². The summed E-state index contributed by atoms with van der Waals surface area (Å²) in [5.74, 6) is 0.649. The maximum absolute atomic E-state index is 12.3. The molecule has 1 radical (unpaired) electrons. The topological polar surface area (TPSA) is 49.8 Å². The number of hydrogen-bond acceptors (Lipinski definition) is 3. The van der Waals surface area contributed by atoms with E-state index in [2.05, 4.69) is 13.8 Å². The van der Waals surface area contributed by atoms with Gasteiger partial charge in [-0.25, -0.2) is 6.42 Å². The van der Waals surface area contributed by atoms with Crippen molar-refractivity contribution in [3.63, 3.8) is 0 Å². The van der Waals surface area contributed by atoms with Crippen LogP contribution in [-0.2, 0) is 4.79 Å². The largest absolute Gasteiger partial charge is 0.508 e. The van der Waals surface area contributed by atoms with Crippen LogP contribution in [0, 0.1) is 64.8 Å². The fourth-order valence-corrected chi connectivity index (χ4v) is 1.83. The van der Waals surface area contributed by atoms with Crippen LogP contribution in [0.25, 0.3) is 0 Å². The van der Waals surface area contributed by atoms with Crippen LogP contribution in [0.3, 0.4) is 0 Å². The first-order valence-corrected chi connectivity index (χ1v) is 7.31. The Morgan fingerprint density at radius 2 is 2.00 bits per heavy atom. The molecule has 1 N–H and O–H groups in total. The van der Waals surface area contributed by atoms with Crippen molar-refractivity contribution < 1.29 is 58.7 Å². The zero-order valence-corrected chi connectivity index (χ0v) is 19.2. The molecule has 4 nitrogen and oxygen atoms in total. The Kier molecular flexibility index (Phi) is 9.96. The Labute approximate surface area is 175 Å². The van der Waals surface area contributed by atoms with Crippen molar-refractivity contribution in [1.29, 1.82) is 0 Å². The van der Waals surface area contributed by atoms with E-state index in [1.54, 1.807) is 37.1 Å². The van der Waals surface area contributed by atoms with E-state index in [0.29, 0.717) is 23.3 Å². The van der Waals surface area contributed by atoms with Crippen molar-refractivity contribution >= 4 is 5.91 Å². The molecule has 1 amide bonds. The summed E-state index contributed by atoms with van der Waals surface area (Å²) in [6.07, 6.45) is 0.439. The first-order chi connectivity index (χ1) is 10.3.